The zero-order valence-corrected chi connectivity index (χ0v) is 14.4. The molecule has 0 aliphatic rings. The van der Waals surface area contributed by atoms with Crippen molar-refractivity contribution in [2.45, 2.75) is 19.9 Å². The number of benzene rings is 2. The fourth-order valence-electron chi connectivity index (χ4n) is 2.49. The van der Waals surface area contributed by atoms with Gasteiger partial charge >= 0.3 is 0 Å². The summed E-state index contributed by atoms with van der Waals surface area (Å²) < 4.78 is 11.1. The number of ether oxygens (including phenoxy) is 1. The molecule has 0 bridgehead atoms. The molecular weight excluding hydrogens is 316 g/mol. The SMILES string of the molecule is COc1ccc(-c2cnc(-c3ccccc3C(=O)NC(C)C)o2)cc1. The van der Waals surface area contributed by atoms with E-state index in [1.807, 2.05) is 56.3 Å². The number of hydrogen-bond acceptors (Lipinski definition) is 4. The molecule has 0 saturated carbocycles. The zero-order chi connectivity index (χ0) is 17.8. The second-order valence-electron chi connectivity index (χ2n) is 5.93. The van der Waals surface area contributed by atoms with Crippen LogP contribution in [0, 0.1) is 0 Å². The van der Waals surface area contributed by atoms with Crippen LogP contribution < -0.4 is 10.1 Å². The average molecular weight is 336 g/mol. The summed E-state index contributed by atoms with van der Waals surface area (Å²) in [7, 11) is 1.63. The summed E-state index contributed by atoms with van der Waals surface area (Å²) in [6.45, 7) is 3.85. The first-order chi connectivity index (χ1) is 12.1. The molecule has 0 fully saturated rings. The van der Waals surface area contributed by atoms with E-state index in [4.69, 9.17) is 9.15 Å². The van der Waals surface area contributed by atoms with Crippen molar-refractivity contribution in [3.05, 3.63) is 60.3 Å². The van der Waals surface area contributed by atoms with E-state index in [0.29, 0.717) is 22.8 Å². The highest BCUT2D eigenvalue weighted by atomic mass is 16.5. The Kier molecular flexibility index (Phi) is 4.84. The average Bonchev–Trinajstić information content (AvgIpc) is 3.11. The second kappa shape index (κ2) is 7.21. The smallest absolute Gasteiger partial charge is 0.252 e. The van der Waals surface area contributed by atoms with E-state index in [0.717, 1.165) is 11.3 Å². The lowest BCUT2D eigenvalue weighted by atomic mass is 10.1. The first kappa shape index (κ1) is 16.8. The number of rotatable bonds is 5. The number of amides is 1. The van der Waals surface area contributed by atoms with Crippen molar-refractivity contribution in [2.24, 2.45) is 0 Å². The van der Waals surface area contributed by atoms with Gasteiger partial charge in [0.25, 0.3) is 5.91 Å². The van der Waals surface area contributed by atoms with Crippen LogP contribution in [0.5, 0.6) is 5.75 Å². The van der Waals surface area contributed by atoms with Crippen LogP contribution in [0.1, 0.15) is 24.2 Å². The summed E-state index contributed by atoms with van der Waals surface area (Å²) in [4.78, 5) is 16.8. The van der Waals surface area contributed by atoms with Crippen molar-refractivity contribution in [1.29, 1.82) is 0 Å². The summed E-state index contributed by atoms with van der Waals surface area (Å²) in [5.41, 5.74) is 2.10. The quantitative estimate of drug-likeness (QED) is 0.760. The fourth-order valence-corrected chi connectivity index (χ4v) is 2.49. The summed E-state index contributed by atoms with van der Waals surface area (Å²) in [6.07, 6.45) is 1.66. The molecule has 25 heavy (non-hydrogen) atoms. The Labute approximate surface area is 146 Å². The molecule has 3 aromatic rings. The number of carbonyl (C=O) groups excluding carboxylic acids is 1. The van der Waals surface area contributed by atoms with Crippen molar-refractivity contribution < 1.29 is 13.9 Å². The molecule has 0 unspecified atom stereocenters. The molecule has 5 nitrogen and oxygen atoms in total. The topological polar surface area (TPSA) is 64.4 Å². The van der Waals surface area contributed by atoms with Crippen molar-refractivity contribution in [1.82, 2.24) is 10.3 Å². The molecule has 0 aliphatic heterocycles. The number of oxazole rings is 1. The third-order valence-electron chi connectivity index (χ3n) is 3.70. The van der Waals surface area contributed by atoms with Crippen LogP contribution in [0.2, 0.25) is 0 Å². The molecule has 1 amide bonds. The number of carbonyl (C=O) groups is 1. The van der Waals surface area contributed by atoms with Crippen LogP contribution >= 0.6 is 0 Å². The summed E-state index contributed by atoms with van der Waals surface area (Å²) >= 11 is 0. The predicted octanol–water partition coefficient (Wildman–Crippen LogP) is 4.16. The second-order valence-corrected chi connectivity index (χ2v) is 5.93. The lowest BCUT2D eigenvalue weighted by molar-refractivity contribution is 0.0943. The summed E-state index contributed by atoms with van der Waals surface area (Å²) in [5, 5.41) is 2.90. The highest BCUT2D eigenvalue weighted by Crippen LogP contribution is 2.29. The van der Waals surface area contributed by atoms with Crippen LogP contribution in [0.4, 0.5) is 0 Å². The van der Waals surface area contributed by atoms with Crippen LogP contribution in [-0.4, -0.2) is 24.0 Å². The van der Waals surface area contributed by atoms with Crippen molar-refractivity contribution in [3.63, 3.8) is 0 Å². The molecule has 0 atom stereocenters. The van der Waals surface area contributed by atoms with Gasteiger partial charge in [0, 0.05) is 17.2 Å². The van der Waals surface area contributed by atoms with Gasteiger partial charge in [-0.05, 0) is 50.2 Å². The van der Waals surface area contributed by atoms with E-state index in [9.17, 15) is 4.79 Å². The van der Waals surface area contributed by atoms with Gasteiger partial charge in [0.2, 0.25) is 5.89 Å². The third-order valence-corrected chi connectivity index (χ3v) is 3.70. The van der Waals surface area contributed by atoms with Crippen LogP contribution in [-0.2, 0) is 0 Å². The Bertz CT molecular complexity index is 867. The molecule has 0 radical (unpaired) electrons. The predicted molar refractivity (Wildman–Crippen MR) is 96.5 cm³/mol. The molecule has 3 rings (SSSR count). The molecule has 1 heterocycles. The van der Waals surface area contributed by atoms with Gasteiger partial charge in [0.05, 0.1) is 18.9 Å². The maximum absolute atomic E-state index is 12.4. The Morgan fingerprint density at radius 2 is 1.84 bits per heavy atom. The van der Waals surface area contributed by atoms with Gasteiger partial charge in [-0.3, -0.25) is 4.79 Å². The van der Waals surface area contributed by atoms with E-state index in [1.54, 1.807) is 19.4 Å². The molecule has 0 saturated heterocycles. The maximum atomic E-state index is 12.4. The van der Waals surface area contributed by atoms with Gasteiger partial charge in [-0.25, -0.2) is 4.98 Å². The minimum atomic E-state index is -0.144. The molecule has 0 spiro atoms. The van der Waals surface area contributed by atoms with Crippen LogP contribution in [0.3, 0.4) is 0 Å². The minimum absolute atomic E-state index is 0.0555. The number of nitrogens with one attached hydrogen (secondary N) is 1. The number of methoxy groups -OCH3 is 1. The van der Waals surface area contributed by atoms with Gasteiger partial charge in [0.15, 0.2) is 5.76 Å². The Morgan fingerprint density at radius 3 is 2.52 bits per heavy atom. The van der Waals surface area contributed by atoms with Gasteiger partial charge < -0.3 is 14.5 Å². The zero-order valence-electron chi connectivity index (χ0n) is 14.4. The van der Waals surface area contributed by atoms with Gasteiger partial charge in [0.1, 0.15) is 5.75 Å². The molecule has 2 aromatic carbocycles. The fraction of sp³-hybridized carbons (Fsp3) is 0.200. The molecule has 5 heteroatoms. The normalized spacial score (nSPS) is 10.7. The van der Waals surface area contributed by atoms with Gasteiger partial charge in [-0.15, -0.1) is 0 Å². The number of aromatic nitrogens is 1. The highest BCUT2D eigenvalue weighted by Gasteiger charge is 2.17. The van der Waals surface area contributed by atoms with Crippen molar-refractivity contribution in [3.8, 4) is 28.5 Å². The maximum Gasteiger partial charge on any atom is 0.252 e. The van der Waals surface area contributed by atoms with E-state index in [2.05, 4.69) is 10.3 Å². The molecular formula is C20H20N2O3. The summed E-state index contributed by atoms with van der Waals surface area (Å²) in [5.74, 6) is 1.69. The minimum Gasteiger partial charge on any atom is -0.497 e. The van der Waals surface area contributed by atoms with E-state index < -0.39 is 0 Å². The number of hydrogen-bond donors (Lipinski definition) is 1. The molecule has 0 aliphatic carbocycles. The Hall–Kier alpha value is -3.08. The van der Waals surface area contributed by atoms with Crippen molar-refractivity contribution >= 4 is 5.91 Å². The third kappa shape index (κ3) is 3.71. The van der Waals surface area contributed by atoms with Crippen LogP contribution in [0.25, 0.3) is 22.8 Å². The van der Waals surface area contributed by atoms with Crippen molar-refractivity contribution in [2.75, 3.05) is 7.11 Å². The molecule has 1 aromatic heterocycles. The summed E-state index contributed by atoms with van der Waals surface area (Å²) in [6, 6.07) is 14.9. The standard InChI is InChI=1S/C20H20N2O3/c1-13(2)22-19(23)16-6-4-5-7-17(16)20-21-12-18(25-20)14-8-10-15(24-3)11-9-14/h4-13H,1-3H3,(H,22,23). The van der Waals surface area contributed by atoms with Crippen LogP contribution in [0.15, 0.2) is 59.1 Å². The van der Waals surface area contributed by atoms with Gasteiger partial charge in [-0.2, -0.15) is 0 Å². The van der Waals surface area contributed by atoms with Gasteiger partial charge in [-0.1, -0.05) is 12.1 Å². The Morgan fingerprint density at radius 1 is 1.12 bits per heavy atom. The highest BCUT2D eigenvalue weighted by molar-refractivity contribution is 6.00. The van der Waals surface area contributed by atoms with E-state index >= 15 is 0 Å². The Balaban J connectivity index is 1.93. The first-order valence-electron chi connectivity index (χ1n) is 8.09. The van der Waals surface area contributed by atoms with E-state index in [1.165, 1.54) is 0 Å². The number of nitrogens with zero attached hydrogens (tertiary/aromatic N) is 1. The first-order valence-corrected chi connectivity index (χ1v) is 8.09. The lowest BCUT2D eigenvalue weighted by Gasteiger charge is -2.10. The molecule has 128 valence electrons. The van der Waals surface area contributed by atoms with E-state index in [-0.39, 0.29) is 11.9 Å². The molecule has 1 N–H and O–H groups in total. The monoisotopic (exact) mass is 336 g/mol. The lowest BCUT2D eigenvalue weighted by Crippen LogP contribution is -2.30. The largest absolute Gasteiger partial charge is 0.497 e.